The number of carbonyl (C=O) groups is 2. The molecule has 1 N–H and O–H groups in total. The molecule has 1 aromatic carbocycles. The number of hydrogen-bond acceptors (Lipinski definition) is 5. The summed E-state index contributed by atoms with van der Waals surface area (Å²) in [4.78, 5) is 23.2. The standard InChI is InChI=1S/C16H17NO4S/c1-20-16(19)13-6-4-12(5-7-13)15(18)17-8-10-22-11-14-3-2-9-21-14/h2-7,9H,8,10-11H2,1H3,(H,17,18). The lowest BCUT2D eigenvalue weighted by Gasteiger charge is -2.05. The summed E-state index contributed by atoms with van der Waals surface area (Å²) < 4.78 is 9.83. The van der Waals surface area contributed by atoms with Crippen molar-refractivity contribution in [2.75, 3.05) is 19.4 Å². The van der Waals surface area contributed by atoms with Crippen molar-refractivity contribution in [2.24, 2.45) is 0 Å². The molecule has 6 heteroatoms. The average Bonchev–Trinajstić information content (AvgIpc) is 3.07. The second-order valence-electron chi connectivity index (χ2n) is 4.46. The van der Waals surface area contributed by atoms with Crippen LogP contribution in [0.3, 0.4) is 0 Å². The van der Waals surface area contributed by atoms with Gasteiger partial charge in [-0.25, -0.2) is 4.79 Å². The molecular formula is C16H17NO4S. The number of furan rings is 1. The number of rotatable bonds is 7. The second-order valence-corrected chi connectivity index (χ2v) is 5.56. The summed E-state index contributed by atoms with van der Waals surface area (Å²) in [5.41, 5.74) is 0.941. The number of amides is 1. The van der Waals surface area contributed by atoms with Crippen molar-refractivity contribution < 1.29 is 18.7 Å². The highest BCUT2D eigenvalue weighted by Gasteiger charge is 2.08. The molecule has 0 bridgehead atoms. The molecule has 0 aliphatic heterocycles. The van der Waals surface area contributed by atoms with Crippen LogP contribution in [0, 0.1) is 0 Å². The molecule has 0 saturated heterocycles. The van der Waals surface area contributed by atoms with E-state index in [4.69, 9.17) is 4.42 Å². The van der Waals surface area contributed by atoms with Gasteiger partial charge in [0, 0.05) is 17.9 Å². The van der Waals surface area contributed by atoms with E-state index in [-0.39, 0.29) is 5.91 Å². The summed E-state index contributed by atoms with van der Waals surface area (Å²) in [5, 5.41) is 2.84. The number of esters is 1. The number of carbonyl (C=O) groups excluding carboxylic acids is 2. The number of benzene rings is 1. The van der Waals surface area contributed by atoms with Crippen LogP contribution in [0.15, 0.2) is 47.1 Å². The van der Waals surface area contributed by atoms with Crippen LogP contribution in [0.1, 0.15) is 26.5 Å². The molecule has 1 heterocycles. The van der Waals surface area contributed by atoms with Crippen molar-refractivity contribution in [3.63, 3.8) is 0 Å². The van der Waals surface area contributed by atoms with Crippen LogP contribution >= 0.6 is 11.8 Å². The summed E-state index contributed by atoms with van der Waals surface area (Å²) in [5.74, 6) is 1.94. The number of ether oxygens (including phenoxy) is 1. The molecule has 0 spiro atoms. The highest BCUT2D eigenvalue weighted by atomic mass is 32.2. The molecule has 2 aromatic rings. The number of hydrogen-bond donors (Lipinski definition) is 1. The largest absolute Gasteiger partial charge is 0.468 e. The van der Waals surface area contributed by atoms with Gasteiger partial charge in [0.25, 0.3) is 5.91 Å². The second kappa shape index (κ2) is 8.29. The maximum Gasteiger partial charge on any atom is 0.337 e. The SMILES string of the molecule is COC(=O)c1ccc(C(=O)NCCSCc2ccco2)cc1. The third kappa shape index (κ3) is 4.66. The Hall–Kier alpha value is -2.21. The van der Waals surface area contributed by atoms with Crippen molar-refractivity contribution in [1.29, 1.82) is 0 Å². The Labute approximate surface area is 133 Å². The minimum atomic E-state index is -0.415. The van der Waals surface area contributed by atoms with E-state index in [9.17, 15) is 9.59 Å². The Morgan fingerprint density at radius 2 is 1.91 bits per heavy atom. The molecule has 0 saturated carbocycles. The summed E-state index contributed by atoms with van der Waals surface area (Å²) in [7, 11) is 1.32. The molecule has 1 aromatic heterocycles. The van der Waals surface area contributed by atoms with Crippen LogP contribution < -0.4 is 5.32 Å². The van der Waals surface area contributed by atoms with Crippen LogP contribution in [0.25, 0.3) is 0 Å². The Balaban J connectivity index is 1.71. The van der Waals surface area contributed by atoms with Crippen molar-refractivity contribution in [3.8, 4) is 0 Å². The van der Waals surface area contributed by atoms with Gasteiger partial charge in [-0.2, -0.15) is 11.8 Å². The summed E-state index contributed by atoms with van der Waals surface area (Å²) in [6.07, 6.45) is 1.65. The van der Waals surface area contributed by atoms with E-state index in [0.29, 0.717) is 17.7 Å². The average molecular weight is 319 g/mol. The van der Waals surface area contributed by atoms with Crippen LogP contribution in [0.5, 0.6) is 0 Å². The van der Waals surface area contributed by atoms with Crippen molar-refractivity contribution >= 4 is 23.6 Å². The molecule has 1 amide bonds. The first-order chi connectivity index (χ1) is 10.7. The lowest BCUT2D eigenvalue weighted by molar-refractivity contribution is 0.0600. The zero-order chi connectivity index (χ0) is 15.8. The summed E-state index contributed by atoms with van der Waals surface area (Å²) >= 11 is 1.69. The molecule has 0 aliphatic carbocycles. The molecule has 116 valence electrons. The lowest BCUT2D eigenvalue weighted by atomic mass is 10.1. The van der Waals surface area contributed by atoms with E-state index in [1.807, 2.05) is 12.1 Å². The highest BCUT2D eigenvalue weighted by molar-refractivity contribution is 7.98. The normalized spacial score (nSPS) is 10.2. The molecule has 2 rings (SSSR count). The van der Waals surface area contributed by atoms with Gasteiger partial charge in [-0.05, 0) is 36.4 Å². The van der Waals surface area contributed by atoms with Gasteiger partial charge in [0.2, 0.25) is 0 Å². The van der Waals surface area contributed by atoms with Gasteiger partial charge in [0.1, 0.15) is 5.76 Å². The number of methoxy groups -OCH3 is 1. The quantitative estimate of drug-likeness (QED) is 0.628. The lowest BCUT2D eigenvalue weighted by Crippen LogP contribution is -2.25. The molecule has 0 aliphatic rings. The highest BCUT2D eigenvalue weighted by Crippen LogP contribution is 2.11. The van der Waals surface area contributed by atoms with Crippen LogP contribution in [-0.4, -0.2) is 31.3 Å². The van der Waals surface area contributed by atoms with E-state index >= 15 is 0 Å². The van der Waals surface area contributed by atoms with E-state index in [0.717, 1.165) is 17.3 Å². The fraction of sp³-hybridized carbons (Fsp3) is 0.250. The molecule has 5 nitrogen and oxygen atoms in total. The molecule has 0 atom stereocenters. The number of nitrogens with one attached hydrogen (secondary N) is 1. The molecule has 22 heavy (non-hydrogen) atoms. The zero-order valence-electron chi connectivity index (χ0n) is 12.2. The smallest absolute Gasteiger partial charge is 0.337 e. The Morgan fingerprint density at radius 3 is 2.55 bits per heavy atom. The van der Waals surface area contributed by atoms with Crippen LogP contribution in [-0.2, 0) is 10.5 Å². The number of thioether (sulfide) groups is 1. The van der Waals surface area contributed by atoms with Crippen molar-refractivity contribution in [1.82, 2.24) is 5.32 Å². The first-order valence-electron chi connectivity index (χ1n) is 6.77. The molecular weight excluding hydrogens is 302 g/mol. The van der Waals surface area contributed by atoms with Gasteiger partial charge in [0.15, 0.2) is 0 Å². The van der Waals surface area contributed by atoms with E-state index in [1.54, 1.807) is 42.3 Å². The molecule has 0 unspecified atom stereocenters. The minimum absolute atomic E-state index is 0.157. The third-order valence-electron chi connectivity index (χ3n) is 2.92. The van der Waals surface area contributed by atoms with Gasteiger partial charge in [-0.1, -0.05) is 0 Å². The van der Waals surface area contributed by atoms with E-state index < -0.39 is 5.97 Å². The summed E-state index contributed by atoms with van der Waals surface area (Å²) in [6.45, 7) is 0.572. The molecule has 0 radical (unpaired) electrons. The van der Waals surface area contributed by atoms with E-state index in [2.05, 4.69) is 10.1 Å². The van der Waals surface area contributed by atoms with E-state index in [1.165, 1.54) is 7.11 Å². The fourth-order valence-electron chi connectivity index (χ4n) is 1.78. The summed E-state index contributed by atoms with van der Waals surface area (Å²) in [6, 6.07) is 10.2. The Morgan fingerprint density at radius 1 is 1.18 bits per heavy atom. The third-order valence-corrected chi connectivity index (χ3v) is 3.91. The zero-order valence-corrected chi connectivity index (χ0v) is 13.0. The van der Waals surface area contributed by atoms with Crippen molar-refractivity contribution in [3.05, 3.63) is 59.5 Å². The van der Waals surface area contributed by atoms with Gasteiger partial charge in [-0.15, -0.1) is 0 Å². The molecule has 0 fully saturated rings. The first kappa shape index (κ1) is 16.2. The van der Waals surface area contributed by atoms with Gasteiger partial charge in [-0.3, -0.25) is 4.79 Å². The van der Waals surface area contributed by atoms with Crippen LogP contribution in [0.4, 0.5) is 0 Å². The Bertz CT molecular complexity index is 608. The minimum Gasteiger partial charge on any atom is -0.468 e. The predicted octanol–water partition coefficient (Wildman–Crippen LogP) is 2.73. The topological polar surface area (TPSA) is 68.5 Å². The van der Waals surface area contributed by atoms with Crippen molar-refractivity contribution in [2.45, 2.75) is 5.75 Å². The Kier molecular flexibility index (Phi) is 6.09. The van der Waals surface area contributed by atoms with Gasteiger partial charge < -0.3 is 14.5 Å². The van der Waals surface area contributed by atoms with Gasteiger partial charge in [0.05, 0.1) is 24.7 Å². The maximum atomic E-state index is 11.9. The fourth-order valence-corrected chi connectivity index (χ4v) is 2.54. The predicted molar refractivity (Wildman–Crippen MR) is 85.0 cm³/mol. The van der Waals surface area contributed by atoms with Crippen LogP contribution in [0.2, 0.25) is 0 Å². The van der Waals surface area contributed by atoms with Gasteiger partial charge >= 0.3 is 5.97 Å². The monoisotopic (exact) mass is 319 g/mol. The first-order valence-corrected chi connectivity index (χ1v) is 7.93. The maximum absolute atomic E-state index is 11.9.